The summed E-state index contributed by atoms with van der Waals surface area (Å²) in [7, 11) is -0.0817. The average molecular weight is 356 g/mol. The highest BCUT2D eigenvalue weighted by molar-refractivity contribution is 9.10. The molecule has 0 aliphatic heterocycles. The minimum absolute atomic E-state index is 0.0775. The number of sulfonamides is 1. The van der Waals surface area contributed by atoms with Gasteiger partial charge in [-0.2, -0.15) is 0 Å². The maximum Gasteiger partial charge on any atom is 0.214 e. The second-order valence-corrected chi connectivity index (χ2v) is 7.64. The minimum Gasteiger partial charge on any atom is -0.312 e. The van der Waals surface area contributed by atoms with Crippen LogP contribution < -0.4 is 5.32 Å². The highest BCUT2D eigenvalue weighted by atomic mass is 79.9. The predicted octanol–water partition coefficient (Wildman–Crippen LogP) is 2.08. The fourth-order valence-electron chi connectivity index (χ4n) is 1.27. The van der Waals surface area contributed by atoms with Crippen LogP contribution in [0, 0.1) is 0 Å². The van der Waals surface area contributed by atoms with Crippen molar-refractivity contribution in [2.24, 2.45) is 0 Å². The van der Waals surface area contributed by atoms with Crippen LogP contribution in [0.25, 0.3) is 0 Å². The number of nitrogens with zero attached hydrogens (tertiary/aromatic N) is 1. The van der Waals surface area contributed by atoms with Gasteiger partial charge in [-0.05, 0) is 17.7 Å². The van der Waals surface area contributed by atoms with Gasteiger partial charge in [0.15, 0.2) is 0 Å². The van der Waals surface area contributed by atoms with Gasteiger partial charge in [-0.25, -0.2) is 12.7 Å². The lowest BCUT2D eigenvalue weighted by molar-refractivity contribution is 0.517. The van der Waals surface area contributed by atoms with E-state index < -0.39 is 10.0 Å². The van der Waals surface area contributed by atoms with Crippen LogP contribution in [0.4, 0.5) is 0 Å². The molecule has 0 aliphatic carbocycles. The summed E-state index contributed by atoms with van der Waals surface area (Å²) in [5, 5.41) is 3.73. The summed E-state index contributed by atoms with van der Waals surface area (Å²) in [5.41, 5.74) is 0.946. The molecule has 0 fully saturated rings. The van der Waals surface area contributed by atoms with Crippen molar-refractivity contribution in [3.05, 3.63) is 33.3 Å². The van der Waals surface area contributed by atoms with E-state index in [9.17, 15) is 8.42 Å². The fourth-order valence-corrected chi connectivity index (χ4v) is 2.78. The van der Waals surface area contributed by atoms with Crippen LogP contribution in [-0.2, 0) is 16.6 Å². The molecule has 0 aliphatic rings. The van der Waals surface area contributed by atoms with Crippen LogP contribution in [0.1, 0.15) is 5.56 Å². The van der Waals surface area contributed by atoms with Gasteiger partial charge in [-0.3, -0.25) is 0 Å². The summed E-state index contributed by atoms with van der Waals surface area (Å²) in [4.78, 5) is 0. The van der Waals surface area contributed by atoms with Gasteiger partial charge in [0, 0.05) is 36.7 Å². The highest BCUT2D eigenvalue weighted by Crippen LogP contribution is 2.20. The molecule has 18 heavy (non-hydrogen) atoms. The third-order valence-corrected chi connectivity index (χ3v) is 5.10. The molecule has 0 atom stereocenters. The van der Waals surface area contributed by atoms with E-state index in [0.717, 1.165) is 10.0 Å². The zero-order chi connectivity index (χ0) is 13.8. The normalized spacial score (nSPS) is 12.1. The Balaban J connectivity index is 2.43. The lowest BCUT2D eigenvalue weighted by Gasteiger charge is -2.12. The van der Waals surface area contributed by atoms with E-state index in [-0.39, 0.29) is 5.75 Å². The quantitative estimate of drug-likeness (QED) is 0.795. The van der Waals surface area contributed by atoms with E-state index in [0.29, 0.717) is 18.1 Å². The Kier molecular flexibility index (Phi) is 6.07. The summed E-state index contributed by atoms with van der Waals surface area (Å²) in [6.07, 6.45) is 0. The number of hydrogen-bond acceptors (Lipinski definition) is 3. The summed E-state index contributed by atoms with van der Waals surface area (Å²) in [5.74, 6) is 0.0775. The Morgan fingerprint density at radius 3 is 2.61 bits per heavy atom. The van der Waals surface area contributed by atoms with Crippen molar-refractivity contribution in [1.82, 2.24) is 9.62 Å². The lowest BCUT2D eigenvalue weighted by Crippen LogP contribution is -2.31. The van der Waals surface area contributed by atoms with Crippen molar-refractivity contribution in [3.63, 3.8) is 0 Å². The number of hydrogen-bond donors (Lipinski definition) is 1. The smallest absolute Gasteiger partial charge is 0.214 e. The zero-order valence-corrected chi connectivity index (χ0v) is 13.4. The largest absolute Gasteiger partial charge is 0.312 e. The number of rotatable bonds is 6. The third kappa shape index (κ3) is 4.85. The second-order valence-electron chi connectivity index (χ2n) is 4.01. The first-order valence-corrected chi connectivity index (χ1v) is 8.16. The van der Waals surface area contributed by atoms with Crippen molar-refractivity contribution < 1.29 is 8.42 Å². The lowest BCUT2D eigenvalue weighted by atomic mass is 10.2. The predicted molar refractivity (Wildman–Crippen MR) is 78.3 cm³/mol. The summed E-state index contributed by atoms with van der Waals surface area (Å²) in [6.45, 7) is 0.946. The minimum atomic E-state index is -3.14. The SMILES string of the molecule is CN(C)S(=O)(=O)CCNCc1ccc(Br)cc1Cl. The molecule has 0 saturated heterocycles. The van der Waals surface area contributed by atoms with Gasteiger partial charge < -0.3 is 5.32 Å². The molecular formula is C11H16BrClN2O2S. The molecule has 0 bridgehead atoms. The molecular weight excluding hydrogens is 340 g/mol. The molecule has 1 N–H and O–H groups in total. The first-order valence-electron chi connectivity index (χ1n) is 5.38. The Morgan fingerprint density at radius 1 is 1.39 bits per heavy atom. The van der Waals surface area contributed by atoms with E-state index in [2.05, 4.69) is 21.2 Å². The van der Waals surface area contributed by atoms with Gasteiger partial charge >= 0.3 is 0 Å². The topological polar surface area (TPSA) is 49.4 Å². The summed E-state index contributed by atoms with van der Waals surface area (Å²) in [6, 6.07) is 5.62. The Bertz CT molecular complexity index is 506. The molecule has 0 heterocycles. The molecule has 0 unspecified atom stereocenters. The Hall–Kier alpha value is -0.140. The Morgan fingerprint density at radius 2 is 2.06 bits per heavy atom. The van der Waals surface area contributed by atoms with Gasteiger partial charge in [-0.1, -0.05) is 33.6 Å². The molecule has 0 aromatic heterocycles. The van der Waals surface area contributed by atoms with Crippen LogP contribution >= 0.6 is 27.5 Å². The third-order valence-electron chi connectivity index (χ3n) is 2.42. The highest BCUT2D eigenvalue weighted by Gasteiger charge is 2.12. The van der Waals surface area contributed by atoms with E-state index >= 15 is 0 Å². The molecule has 0 spiro atoms. The number of benzene rings is 1. The molecule has 0 saturated carbocycles. The van der Waals surface area contributed by atoms with E-state index in [4.69, 9.17) is 11.6 Å². The maximum atomic E-state index is 11.5. The molecule has 0 amide bonds. The van der Waals surface area contributed by atoms with Gasteiger partial charge in [-0.15, -0.1) is 0 Å². The first kappa shape index (κ1) is 15.9. The summed E-state index contributed by atoms with van der Waals surface area (Å²) < 4.78 is 25.2. The van der Waals surface area contributed by atoms with Crippen LogP contribution in [0.2, 0.25) is 5.02 Å². The molecule has 1 rings (SSSR count). The monoisotopic (exact) mass is 354 g/mol. The van der Waals surface area contributed by atoms with Gasteiger partial charge in [0.1, 0.15) is 0 Å². The standard InChI is InChI=1S/C11H16BrClN2O2S/c1-15(2)18(16,17)6-5-14-8-9-3-4-10(12)7-11(9)13/h3-4,7,14H,5-6,8H2,1-2H3. The van der Waals surface area contributed by atoms with Crippen molar-refractivity contribution in [2.75, 3.05) is 26.4 Å². The molecule has 7 heteroatoms. The van der Waals surface area contributed by atoms with Gasteiger partial charge in [0.05, 0.1) is 5.75 Å². The van der Waals surface area contributed by atoms with Gasteiger partial charge in [0.2, 0.25) is 10.0 Å². The van der Waals surface area contributed by atoms with E-state index in [1.165, 1.54) is 18.4 Å². The molecule has 1 aromatic carbocycles. The van der Waals surface area contributed by atoms with E-state index in [1.807, 2.05) is 18.2 Å². The molecule has 1 aromatic rings. The number of nitrogens with one attached hydrogen (secondary N) is 1. The van der Waals surface area contributed by atoms with Crippen molar-refractivity contribution in [3.8, 4) is 0 Å². The van der Waals surface area contributed by atoms with Crippen LogP contribution in [-0.4, -0.2) is 39.1 Å². The van der Waals surface area contributed by atoms with Crippen molar-refractivity contribution >= 4 is 37.6 Å². The second kappa shape index (κ2) is 6.86. The Labute approximate surface area is 121 Å². The van der Waals surface area contributed by atoms with Crippen LogP contribution in [0.3, 0.4) is 0 Å². The zero-order valence-electron chi connectivity index (χ0n) is 10.3. The maximum absolute atomic E-state index is 11.5. The van der Waals surface area contributed by atoms with Crippen molar-refractivity contribution in [1.29, 1.82) is 0 Å². The molecule has 102 valence electrons. The average Bonchev–Trinajstić information content (AvgIpc) is 2.26. The first-order chi connectivity index (χ1) is 8.33. The van der Waals surface area contributed by atoms with Crippen LogP contribution in [0.5, 0.6) is 0 Å². The van der Waals surface area contributed by atoms with Crippen LogP contribution in [0.15, 0.2) is 22.7 Å². The van der Waals surface area contributed by atoms with Crippen molar-refractivity contribution in [2.45, 2.75) is 6.54 Å². The summed E-state index contributed by atoms with van der Waals surface area (Å²) >= 11 is 9.38. The van der Waals surface area contributed by atoms with Gasteiger partial charge in [0.25, 0.3) is 0 Å². The molecule has 4 nitrogen and oxygen atoms in total. The number of halogens is 2. The molecule has 0 radical (unpaired) electrons. The fraction of sp³-hybridized carbons (Fsp3) is 0.455. The van der Waals surface area contributed by atoms with E-state index in [1.54, 1.807) is 0 Å².